The molecular formula is C10H9ClFN5O. The Morgan fingerprint density at radius 1 is 1.56 bits per heavy atom. The van der Waals surface area contributed by atoms with Crippen LogP contribution in [0.3, 0.4) is 0 Å². The zero-order valence-corrected chi connectivity index (χ0v) is 10.1. The van der Waals surface area contributed by atoms with Gasteiger partial charge in [0.15, 0.2) is 0 Å². The molecule has 0 aliphatic rings. The number of aromatic amines is 1. The maximum absolute atomic E-state index is 13.0. The standard InChI is InChI=1S/C10H9ClFN5O/c1-5(9-14-4-15-17-9)16-10(18)7-2-6(12)3-13-8(7)11/h2-5H,1H3,(H,16,18)(H,14,15,17). The van der Waals surface area contributed by atoms with Gasteiger partial charge in [0, 0.05) is 0 Å². The first kappa shape index (κ1) is 12.4. The molecule has 0 aromatic carbocycles. The molecule has 2 heterocycles. The molecular weight excluding hydrogens is 261 g/mol. The second-order valence-electron chi connectivity index (χ2n) is 3.56. The fourth-order valence-corrected chi connectivity index (χ4v) is 1.54. The highest BCUT2D eigenvalue weighted by Gasteiger charge is 2.17. The summed E-state index contributed by atoms with van der Waals surface area (Å²) in [5, 5.41) is 8.84. The minimum absolute atomic E-state index is 0.0250. The molecule has 0 radical (unpaired) electrons. The summed E-state index contributed by atoms with van der Waals surface area (Å²) >= 11 is 5.73. The van der Waals surface area contributed by atoms with Crippen molar-refractivity contribution in [3.63, 3.8) is 0 Å². The van der Waals surface area contributed by atoms with Gasteiger partial charge < -0.3 is 5.32 Å². The van der Waals surface area contributed by atoms with Crippen molar-refractivity contribution in [2.45, 2.75) is 13.0 Å². The fraction of sp³-hybridized carbons (Fsp3) is 0.200. The predicted octanol–water partition coefficient (Wildman–Crippen LogP) is 1.48. The number of carbonyl (C=O) groups excluding carboxylic acids is 1. The summed E-state index contributed by atoms with van der Waals surface area (Å²) in [7, 11) is 0. The molecule has 2 aromatic heterocycles. The van der Waals surface area contributed by atoms with E-state index >= 15 is 0 Å². The van der Waals surface area contributed by atoms with E-state index < -0.39 is 17.8 Å². The first-order valence-electron chi connectivity index (χ1n) is 5.05. The SMILES string of the molecule is CC(NC(=O)c1cc(F)cnc1Cl)c1ncn[nH]1. The number of nitrogens with zero attached hydrogens (tertiary/aromatic N) is 3. The molecule has 1 unspecified atom stereocenters. The normalized spacial score (nSPS) is 12.2. The highest BCUT2D eigenvalue weighted by Crippen LogP contribution is 2.15. The smallest absolute Gasteiger partial charge is 0.255 e. The molecule has 0 spiro atoms. The van der Waals surface area contributed by atoms with E-state index in [0.717, 1.165) is 12.3 Å². The van der Waals surface area contributed by atoms with Crippen LogP contribution in [0.2, 0.25) is 5.15 Å². The van der Waals surface area contributed by atoms with E-state index in [1.54, 1.807) is 6.92 Å². The summed E-state index contributed by atoms with van der Waals surface area (Å²) in [6.07, 6.45) is 2.27. The summed E-state index contributed by atoms with van der Waals surface area (Å²) in [5.41, 5.74) is -0.0250. The number of hydrogen-bond acceptors (Lipinski definition) is 4. The number of hydrogen-bond donors (Lipinski definition) is 2. The Hall–Kier alpha value is -2.02. The Labute approximate surface area is 107 Å². The quantitative estimate of drug-likeness (QED) is 0.827. The molecule has 6 nitrogen and oxygen atoms in total. The number of halogens is 2. The van der Waals surface area contributed by atoms with Crippen LogP contribution >= 0.6 is 11.6 Å². The zero-order chi connectivity index (χ0) is 13.1. The van der Waals surface area contributed by atoms with E-state index in [0.29, 0.717) is 5.82 Å². The van der Waals surface area contributed by atoms with Crippen LogP contribution in [-0.4, -0.2) is 26.1 Å². The third-order valence-electron chi connectivity index (χ3n) is 2.24. The minimum Gasteiger partial charge on any atom is -0.342 e. The lowest BCUT2D eigenvalue weighted by Gasteiger charge is -2.11. The van der Waals surface area contributed by atoms with E-state index in [9.17, 15) is 9.18 Å². The number of nitrogens with one attached hydrogen (secondary N) is 2. The average Bonchev–Trinajstić information content (AvgIpc) is 2.85. The lowest BCUT2D eigenvalue weighted by Crippen LogP contribution is -2.28. The molecule has 0 aliphatic heterocycles. The van der Waals surface area contributed by atoms with Crippen LogP contribution in [0.15, 0.2) is 18.6 Å². The number of carbonyl (C=O) groups is 1. The largest absolute Gasteiger partial charge is 0.342 e. The molecule has 1 atom stereocenters. The third kappa shape index (κ3) is 2.62. The van der Waals surface area contributed by atoms with Crippen LogP contribution in [-0.2, 0) is 0 Å². The molecule has 18 heavy (non-hydrogen) atoms. The van der Waals surface area contributed by atoms with Crippen molar-refractivity contribution >= 4 is 17.5 Å². The molecule has 2 rings (SSSR count). The maximum atomic E-state index is 13.0. The molecule has 0 saturated carbocycles. The molecule has 8 heteroatoms. The first-order chi connectivity index (χ1) is 8.58. The van der Waals surface area contributed by atoms with Crippen molar-refractivity contribution in [3.05, 3.63) is 40.9 Å². The van der Waals surface area contributed by atoms with Gasteiger partial charge in [0.2, 0.25) is 0 Å². The molecule has 2 aromatic rings. The van der Waals surface area contributed by atoms with Crippen molar-refractivity contribution in [3.8, 4) is 0 Å². The van der Waals surface area contributed by atoms with Crippen LogP contribution in [0.4, 0.5) is 4.39 Å². The minimum atomic E-state index is -0.628. The number of amides is 1. The van der Waals surface area contributed by atoms with E-state index in [-0.39, 0.29) is 10.7 Å². The molecule has 0 saturated heterocycles. The van der Waals surface area contributed by atoms with Gasteiger partial charge in [-0.25, -0.2) is 14.4 Å². The third-order valence-corrected chi connectivity index (χ3v) is 2.54. The van der Waals surface area contributed by atoms with Crippen molar-refractivity contribution < 1.29 is 9.18 Å². The highest BCUT2D eigenvalue weighted by molar-refractivity contribution is 6.32. The number of rotatable bonds is 3. The van der Waals surface area contributed by atoms with Gasteiger partial charge >= 0.3 is 0 Å². The van der Waals surface area contributed by atoms with Gasteiger partial charge in [-0.15, -0.1) is 0 Å². The van der Waals surface area contributed by atoms with Gasteiger partial charge in [-0.1, -0.05) is 11.6 Å². The van der Waals surface area contributed by atoms with Crippen LogP contribution in [0.1, 0.15) is 29.1 Å². The Morgan fingerprint density at radius 2 is 2.33 bits per heavy atom. The summed E-state index contributed by atoms with van der Waals surface area (Å²) < 4.78 is 13.0. The first-order valence-corrected chi connectivity index (χ1v) is 5.43. The number of H-pyrrole nitrogens is 1. The average molecular weight is 270 g/mol. The molecule has 2 N–H and O–H groups in total. The van der Waals surface area contributed by atoms with Crippen LogP contribution in [0, 0.1) is 5.82 Å². The molecule has 1 amide bonds. The second kappa shape index (κ2) is 5.09. The Balaban J connectivity index is 2.15. The van der Waals surface area contributed by atoms with Gasteiger partial charge in [-0.3, -0.25) is 9.89 Å². The van der Waals surface area contributed by atoms with Gasteiger partial charge in [-0.2, -0.15) is 5.10 Å². The van der Waals surface area contributed by atoms with Crippen molar-refractivity contribution in [1.29, 1.82) is 0 Å². The Bertz CT molecular complexity index is 559. The van der Waals surface area contributed by atoms with Crippen LogP contribution < -0.4 is 5.32 Å². The van der Waals surface area contributed by atoms with Gasteiger partial charge in [0.05, 0.1) is 17.8 Å². The number of aromatic nitrogens is 4. The molecule has 94 valence electrons. The van der Waals surface area contributed by atoms with Crippen molar-refractivity contribution in [2.24, 2.45) is 0 Å². The second-order valence-corrected chi connectivity index (χ2v) is 3.92. The van der Waals surface area contributed by atoms with E-state index in [1.807, 2.05) is 0 Å². The summed E-state index contributed by atoms with van der Waals surface area (Å²) in [6, 6.07) is 0.622. The molecule has 0 bridgehead atoms. The number of pyridine rings is 1. The van der Waals surface area contributed by atoms with Gasteiger partial charge in [0.1, 0.15) is 23.1 Å². The molecule has 0 fully saturated rings. The lowest BCUT2D eigenvalue weighted by atomic mass is 10.2. The topological polar surface area (TPSA) is 83.6 Å². The predicted molar refractivity (Wildman–Crippen MR) is 61.5 cm³/mol. The summed E-state index contributed by atoms with van der Waals surface area (Å²) in [5.74, 6) is -0.670. The van der Waals surface area contributed by atoms with E-state index in [2.05, 4.69) is 25.5 Å². The van der Waals surface area contributed by atoms with Crippen molar-refractivity contribution in [1.82, 2.24) is 25.5 Å². The monoisotopic (exact) mass is 269 g/mol. The fourth-order valence-electron chi connectivity index (χ4n) is 1.35. The van der Waals surface area contributed by atoms with E-state index in [4.69, 9.17) is 11.6 Å². The van der Waals surface area contributed by atoms with Gasteiger partial charge in [0.25, 0.3) is 5.91 Å². The maximum Gasteiger partial charge on any atom is 0.255 e. The Morgan fingerprint density at radius 3 is 3.00 bits per heavy atom. The van der Waals surface area contributed by atoms with Gasteiger partial charge in [-0.05, 0) is 13.0 Å². The van der Waals surface area contributed by atoms with E-state index in [1.165, 1.54) is 6.33 Å². The highest BCUT2D eigenvalue weighted by atomic mass is 35.5. The van der Waals surface area contributed by atoms with Crippen LogP contribution in [0.25, 0.3) is 0 Å². The van der Waals surface area contributed by atoms with Crippen molar-refractivity contribution in [2.75, 3.05) is 0 Å². The lowest BCUT2D eigenvalue weighted by molar-refractivity contribution is 0.0937. The summed E-state index contributed by atoms with van der Waals surface area (Å²) in [6.45, 7) is 1.71. The summed E-state index contributed by atoms with van der Waals surface area (Å²) in [4.78, 5) is 19.3. The van der Waals surface area contributed by atoms with Crippen LogP contribution in [0.5, 0.6) is 0 Å². The molecule has 0 aliphatic carbocycles. The Kier molecular flexibility index (Phi) is 3.52. The zero-order valence-electron chi connectivity index (χ0n) is 9.32.